The van der Waals surface area contributed by atoms with E-state index in [1.165, 1.54) is 0 Å². The summed E-state index contributed by atoms with van der Waals surface area (Å²) in [5.41, 5.74) is -2.39. The van der Waals surface area contributed by atoms with Gasteiger partial charge >= 0.3 is 5.69 Å². The summed E-state index contributed by atoms with van der Waals surface area (Å²) in [4.78, 5) is 23.7. The van der Waals surface area contributed by atoms with Gasteiger partial charge in [-0.05, 0) is 0 Å². The molecule has 0 radical (unpaired) electrons. The summed E-state index contributed by atoms with van der Waals surface area (Å²) in [6.07, 6.45) is -7.11. The van der Waals surface area contributed by atoms with E-state index in [9.17, 15) is 22.8 Å². The van der Waals surface area contributed by atoms with Crippen LogP contribution in [-0.2, 0) is 4.74 Å². The maximum absolute atomic E-state index is 13.5. The number of aromatic amines is 1. The maximum atomic E-state index is 13.5. The third-order valence-electron chi connectivity index (χ3n) is 2.62. The van der Waals surface area contributed by atoms with E-state index in [1.54, 1.807) is 4.98 Å². The number of ether oxygens (including phenoxy) is 1. The van der Waals surface area contributed by atoms with Gasteiger partial charge in [0.2, 0.25) is 5.82 Å². The molecule has 0 bridgehead atoms. The molecule has 0 amide bonds. The van der Waals surface area contributed by atoms with Gasteiger partial charge in [-0.3, -0.25) is 14.3 Å². The molecule has 1 aliphatic heterocycles. The molecule has 1 saturated heterocycles. The molecule has 100 valence electrons. The second-order valence-electron chi connectivity index (χ2n) is 3.78. The summed E-state index contributed by atoms with van der Waals surface area (Å²) in [6.45, 7) is -0.779. The molecule has 0 spiro atoms. The summed E-state index contributed by atoms with van der Waals surface area (Å²) >= 11 is 0. The lowest BCUT2D eigenvalue weighted by Gasteiger charge is -2.15. The first-order chi connectivity index (χ1) is 8.45. The molecule has 0 aliphatic carbocycles. The number of nitrogens with one attached hydrogen (secondary N) is 1. The zero-order valence-corrected chi connectivity index (χ0v) is 8.85. The van der Waals surface area contributed by atoms with Gasteiger partial charge in [0, 0.05) is 0 Å². The fourth-order valence-corrected chi connectivity index (χ4v) is 1.70. The van der Waals surface area contributed by atoms with E-state index in [0.717, 1.165) is 0 Å². The van der Waals surface area contributed by atoms with Crippen LogP contribution in [0.2, 0.25) is 0 Å². The molecule has 0 aromatic carbocycles. The van der Waals surface area contributed by atoms with Crippen LogP contribution in [0.4, 0.5) is 13.2 Å². The SMILES string of the molecule is O=c1[nH]c(=O)n([C@@H]2O[C@H](CO)[C@@H](F)[C@H]2F)cc1F. The number of hydrogen-bond acceptors (Lipinski definition) is 4. The van der Waals surface area contributed by atoms with Crippen molar-refractivity contribution in [3.05, 3.63) is 32.9 Å². The molecule has 2 rings (SSSR count). The van der Waals surface area contributed by atoms with Gasteiger partial charge < -0.3 is 9.84 Å². The predicted octanol–water partition coefficient (Wildman–Crippen LogP) is -0.758. The van der Waals surface area contributed by atoms with Crippen molar-refractivity contribution >= 4 is 0 Å². The highest BCUT2D eigenvalue weighted by molar-refractivity contribution is 4.94. The van der Waals surface area contributed by atoms with Crippen molar-refractivity contribution in [3.63, 3.8) is 0 Å². The van der Waals surface area contributed by atoms with Gasteiger partial charge in [0.1, 0.15) is 6.10 Å². The van der Waals surface area contributed by atoms with Gasteiger partial charge in [-0.25, -0.2) is 13.6 Å². The van der Waals surface area contributed by atoms with Crippen LogP contribution in [0.5, 0.6) is 0 Å². The smallest absolute Gasteiger partial charge is 0.330 e. The van der Waals surface area contributed by atoms with E-state index in [-0.39, 0.29) is 0 Å². The van der Waals surface area contributed by atoms with Crippen LogP contribution in [0.15, 0.2) is 15.8 Å². The summed E-state index contributed by atoms with van der Waals surface area (Å²) < 4.78 is 45.0. The third kappa shape index (κ3) is 1.95. The van der Waals surface area contributed by atoms with Crippen molar-refractivity contribution in [2.24, 2.45) is 0 Å². The molecule has 2 heterocycles. The highest BCUT2D eigenvalue weighted by atomic mass is 19.2. The van der Waals surface area contributed by atoms with E-state index in [0.29, 0.717) is 10.8 Å². The molecule has 0 saturated carbocycles. The number of hydrogen-bond donors (Lipinski definition) is 2. The second kappa shape index (κ2) is 4.58. The Kier molecular flexibility index (Phi) is 3.26. The Labute approximate surface area is 97.6 Å². The molecule has 0 unspecified atom stereocenters. The van der Waals surface area contributed by atoms with Crippen molar-refractivity contribution in [1.29, 1.82) is 0 Å². The van der Waals surface area contributed by atoms with Gasteiger partial charge in [-0.1, -0.05) is 0 Å². The Morgan fingerprint density at radius 2 is 2.06 bits per heavy atom. The lowest BCUT2D eigenvalue weighted by atomic mass is 10.2. The Bertz CT molecular complexity index is 557. The van der Waals surface area contributed by atoms with Crippen LogP contribution in [0.3, 0.4) is 0 Å². The lowest BCUT2D eigenvalue weighted by Crippen LogP contribution is -2.36. The molecule has 1 aromatic heterocycles. The quantitative estimate of drug-likeness (QED) is 0.737. The molecular weight excluding hydrogens is 257 g/mol. The first kappa shape index (κ1) is 12.8. The monoisotopic (exact) mass is 266 g/mol. The summed E-state index contributed by atoms with van der Waals surface area (Å²) in [5, 5.41) is 8.74. The Morgan fingerprint density at radius 1 is 1.39 bits per heavy atom. The van der Waals surface area contributed by atoms with Crippen molar-refractivity contribution < 1.29 is 23.0 Å². The highest BCUT2D eigenvalue weighted by Crippen LogP contribution is 2.32. The van der Waals surface area contributed by atoms with Gasteiger partial charge in [0.25, 0.3) is 5.56 Å². The molecule has 1 fully saturated rings. The molecule has 18 heavy (non-hydrogen) atoms. The minimum Gasteiger partial charge on any atom is -0.394 e. The number of aromatic nitrogens is 2. The minimum atomic E-state index is -2.25. The number of H-pyrrole nitrogens is 1. The summed E-state index contributed by atoms with van der Waals surface area (Å²) in [6, 6.07) is 0. The fourth-order valence-electron chi connectivity index (χ4n) is 1.70. The highest BCUT2D eigenvalue weighted by Gasteiger charge is 2.46. The van der Waals surface area contributed by atoms with Crippen molar-refractivity contribution in [2.75, 3.05) is 6.61 Å². The Balaban J connectivity index is 2.42. The standard InChI is InChI=1S/C9H9F3N2O4/c10-3-1-14(9(17)13-7(3)16)8-6(12)5(11)4(2-15)18-8/h1,4-6,8,15H,2H2,(H,13,16,17)/t4-,5-,6-,8-/m1/s1. The number of aliphatic hydroxyl groups excluding tert-OH is 1. The second-order valence-corrected chi connectivity index (χ2v) is 3.78. The largest absolute Gasteiger partial charge is 0.394 e. The molecule has 9 heteroatoms. The van der Waals surface area contributed by atoms with Gasteiger partial charge in [0.05, 0.1) is 12.8 Å². The molecule has 4 atom stereocenters. The van der Waals surface area contributed by atoms with E-state index >= 15 is 0 Å². The van der Waals surface area contributed by atoms with Crippen molar-refractivity contribution in [1.82, 2.24) is 9.55 Å². The lowest BCUT2D eigenvalue weighted by molar-refractivity contribution is -0.0441. The predicted molar refractivity (Wildman–Crippen MR) is 52.1 cm³/mol. The van der Waals surface area contributed by atoms with E-state index in [1.807, 2.05) is 0 Å². The van der Waals surface area contributed by atoms with E-state index in [4.69, 9.17) is 9.84 Å². The fraction of sp³-hybridized carbons (Fsp3) is 0.556. The number of nitrogens with zero attached hydrogens (tertiary/aromatic N) is 1. The third-order valence-corrected chi connectivity index (χ3v) is 2.62. The van der Waals surface area contributed by atoms with Crippen LogP contribution in [0.25, 0.3) is 0 Å². The number of halogens is 3. The zero-order valence-electron chi connectivity index (χ0n) is 8.85. The molecule has 6 nitrogen and oxygen atoms in total. The van der Waals surface area contributed by atoms with Crippen molar-refractivity contribution in [2.45, 2.75) is 24.7 Å². The molecule has 2 N–H and O–H groups in total. The van der Waals surface area contributed by atoms with E-state index < -0.39 is 48.3 Å². The average Bonchev–Trinajstić information content (AvgIpc) is 2.61. The van der Waals surface area contributed by atoms with Gasteiger partial charge in [0.15, 0.2) is 18.6 Å². The van der Waals surface area contributed by atoms with Crippen LogP contribution < -0.4 is 11.2 Å². The maximum Gasteiger partial charge on any atom is 0.330 e. The normalized spacial score (nSPS) is 31.8. The summed E-state index contributed by atoms with van der Waals surface area (Å²) in [5.74, 6) is -1.33. The van der Waals surface area contributed by atoms with Crippen LogP contribution >= 0.6 is 0 Å². The zero-order chi connectivity index (χ0) is 13.4. The molecule has 1 aliphatic rings. The molecular formula is C9H9F3N2O4. The van der Waals surface area contributed by atoms with Crippen LogP contribution in [0.1, 0.15) is 6.23 Å². The first-order valence-corrected chi connectivity index (χ1v) is 5.01. The molecule has 1 aromatic rings. The number of aliphatic hydroxyl groups is 1. The van der Waals surface area contributed by atoms with Gasteiger partial charge in [-0.15, -0.1) is 0 Å². The van der Waals surface area contributed by atoms with E-state index in [2.05, 4.69) is 0 Å². The van der Waals surface area contributed by atoms with Crippen LogP contribution in [0, 0.1) is 5.82 Å². The van der Waals surface area contributed by atoms with Gasteiger partial charge in [-0.2, -0.15) is 4.39 Å². The van der Waals surface area contributed by atoms with Crippen molar-refractivity contribution in [3.8, 4) is 0 Å². The Morgan fingerprint density at radius 3 is 2.61 bits per heavy atom. The first-order valence-electron chi connectivity index (χ1n) is 5.01. The van der Waals surface area contributed by atoms with Crippen LogP contribution in [-0.4, -0.2) is 39.7 Å². The topological polar surface area (TPSA) is 84.3 Å². The number of rotatable bonds is 2. The minimum absolute atomic E-state index is 0.406. The Hall–Kier alpha value is -1.61. The average molecular weight is 266 g/mol. The number of alkyl halides is 2. The summed E-state index contributed by atoms with van der Waals surface area (Å²) in [7, 11) is 0.